The highest BCUT2D eigenvalue weighted by atomic mass is 35.5. The number of fused-ring (bicyclic) bond motifs is 2. The van der Waals surface area contributed by atoms with Crippen LogP contribution in [0.25, 0.3) is 0 Å². The van der Waals surface area contributed by atoms with Gasteiger partial charge < -0.3 is 10.2 Å². The van der Waals surface area contributed by atoms with E-state index in [0.717, 1.165) is 24.4 Å². The molecule has 2 aliphatic rings. The van der Waals surface area contributed by atoms with Gasteiger partial charge in [-0.05, 0) is 43.5 Å². The third-order valence-electron chi connectivity index (χ3n) is 4.16. The zero-order chi connectivity index (χ0) is 13.4. The Bertz CT molecular complexity index is 504. The number of benzene rings is 1. The maximum absolute atomic E-state index is 6.10. The van der Waals surface area contributed by atoms with Crippen molar-refractivity contribution in [2.24, 2.45) is 22.9 Å². The second-order valence-electron chi connectivity index (χ2n) is 5.23. The molecule has 1 aliphatic carbocycles. The number of hydrogen-bond donors (Lipinski definition) is 1. The first-order valence-electron chi connectivity index (χ1n) is 6.48. The van der Waals surface area contributed by atoms with Crippen LogP contribution >= 0.6 is 23.2 Å². The number of oxime groups is 1. The Morgan fingerprint density at radius 2 is 2.00 bits per heavy atom. The second-order valence-corrected chi connectivity index (χ2v) is 6.04. The summed E-state index contributed by atoms with van der Waals surface area (Å²) in [5.41, 5.74) is 2.02. The first-order valence-corrected chi connectivity index (χ1v) is 7.23. The summed E-state index contributed by atoms with van der Waals surface area (Å²) < 4.78 is 0. The zero-order valence-corrected chi connectivity index (χ0v) is 12.2. The van der Waals surface area contributed by atoms with Crippen molar-refractivity contribution in [3.05, 3.63) is 33.8 Å². The molecule has 1 aromatic rings. The van der Waals surface area contributed by atoms with Gasteiger partial charge in [-0.2, -0.15) is 0 Å². The van der Waals surface area contributed by atoms with E-state index in [1.165, 1.54) is 6.42 Å². The van der Waals surface area contributed by atoms with E-state index in [4.69, 9.17) is 28.0 Å². The van der Waals surface area contributed by atoms with Crippen molar-refractivity contribution in [2.75, 3.05) is 20.2 Å². The third-order valence-corrected chi connectivity index (χ3v) is 4.89. The Hall–Kier alpha value is -0.770. The van der Waals surface area contributed by atoms with Crippen LogP contribution in [0.2, 0.25) is 10.0 Å². The normalized spacial score (nSPS) is 29.8. The molecule has 1 N–H and O–H groups in total. The number of hydrogen-bond acceptors (Lipinski definition) is 3. The maximum atomic E-state index is 6.10. The van der Waals surface area contributed by atoms with Crippen molar-refractivity contribution in [1.82, 2.24) is 5.32 Å². The average Bonchev–Trinajstić information content (AvgIpc) is 2.42. The van der Waals surface area contributed by atoms with Gasteiger partial charge >= 0.3 is 0 Å². The highest BCUT2D eigenvalue weighted by molar-refractivity contribution is 6.42. The van der Waals surface area contributed by atoms with Crippen LogP contribution in [0, 0.1) is 17.8 Å². The molecule has 19 heavy (non-hydrogen) atoms. The van der Waals surface area contributed by atoms with E-state index < -0.39 is 0 Å². The van der Waals surface area contributed by atoms with Crippen LogP contribution in [0.5, 0.6) is 0 Å². The van der Waals surface area contributed by atoms with E-state index >= 15 is 0 Å². The van der Waals surface area contributed by atoms with Crippen molar-refractivity contribution in [3.8, 4) is 0 Å². The van der Waals surface area contributed by atoms with Gasteiger partial charge in [0.2, 0.25) is 0 Å². The summed E-state index contributed by atoms with van der Waals surface area (Å²) in [5.74, 6) is 1.78. The molecular weight excluding hydrogens is 283 g/mol. The van der Waals surface area contributed by atoms with Gasteiger partial charge in [0, 0.05) is 11.5 Å². The summed E-state index contributed by atoms with van der Waals surface area (Å²) in [6.45, 7) is 2.12. The van der Waals surface area contributed by atoms with Crippen molar-refractivity contribution in [2.45, 2.75) is 6.42 Å². The molecule has 2 fully saturated rings. The fourth-order valence-corrected chi connectivity index (χ4v) is 3.55. The van der Waals surface area contributed by atoms with Gasteiger partial charge in [0.25, 0.3) is 0 Å². The predicted octanol–water partition coefficient (Wildman–Crippen LogP) is 3.20. The van der Waals surface area contributed by atoms with E-state index in [9.17, 15) is 0 Å². The molecule has 102 valence electrons. The molecular formula is C14H16Cl2N2O. The number of nitrogens with zero attached hydrogens (tertiary/aromatic N) is 1. The molecule has 1 aliphatic heterocycles. The lowest BCUT2D eigenvalue weighted by atomic mass is 9.59. The molecule has 2 atom stereocenters. The second kappa shape index (κ2) is 5.31. The lowest BCUT2D eigenvalue weighted by Gasteiger charge is -2.50. The quantitative estimate of drug-likeness (QED) is 0.687. The van der Waals surface area contributed by atoms with Gasteiger partial charge in [-0.25, -0.2) is 0 Å². The lowest BCUT2D eigenvalue weighted by molar-refractivity contribution is 0.0783. The van der Waals surface area contributed by atoms with Crippen molar-refractivity contribution in [3.63, 3.8) is 0 Å². The van der Waals surface area contributed by atoms with Crippen LogP contribution in [0.4, 0.5) is 0 Å². The maximum Gasteiger partial charge on any atom is 0.106 e. The minimum atomic E-state index is 0.471. The molecule has 0 aromatic heterocycles. The van der Waals surface area contributed by atoms with Gasteiger partial charge in [-0.1, -0.05) is 34.4 Å². The molecule has 3 nitrogen and oxygen atoms in total. The lowest BCUT2D eigenvalue weighted by Crippen LogP contribution is -2.56. The summed E-state index contributed by atoms with van der Waals surface area (Å²) in [4.78, 5) is 5.04. The summed E-state index contributed by atoms with van der Waals surface area (Å²) in [6, 6.07) is 5.66. The van der Waals surface area contributed by atoms with Crippen LogP contribution in [0.15, 0.2) is 23.4 Å². The topological polar surface area (TPSA) is 33.6 Å². The first-order chi connectivity index (χ1) is 9.20. The Labute approximate surface area is 122 Å². The number of nitrogens with one attached hydrogen (secondary N) is 1. The molecule has 2 bridgehead atoms. The molecule has 1 saturated heterocycles. The SMILES string of the molecule is CON=C(c1ccc(Cl)c(Cl)c1)C1C2CNCC1C2. The highest BCUT2D eigenvalue weighted by Gasteiger charge is 2.47. The Kier molecular flexibility index (Phi) is 3.70. The highest BCUT2D eigenvalue weighted by Crippen LogP contribution is 2.45. The van der Waals surface area contributed by atoms with Gasteiger partial charge in [0.1, 0.15) is 7.11 Å². The van der Waals surface area contributed by atoms with Crippen LogP contribution in [-0.4, -0.2) is 25.9 Å². The van der Waals surface area contributed by atoms with Gasteiger partial charge in [0.15, 0.2) is 0 Å². The molecule has 1 saturated carbocycles. The molecule has 0 amide bonds. The smallest absolute Gasteiger partial charge is 0.106 e. The van der Waals surface area contributed by atoms with E-state index in [0.29, 0.717) is 27.8 Å². The van der Waals surface area contributed by atoms with E-state index in [1.54, 1.807) is 7.11 Å². The molecule has 3 rings (SSSR count). The summed E-state index contributed by atoms with van der Waals surface area (Å²) in [5, 5.41) is 8.83. The predicted molar refractivity (Wildman–Crippen MR) is 78.0 cm³/mol. The van der Waals surface area contributed by atoms with Crippen molar-refractivity contribution >= 4 is 28.9 Å². The fraction of sp³-hybridized carbons (Fsp3) is 0.500. The molecule has 0 spiro atoms. The summed E-state index contributed by atoms with van der Waals surface area (Å²) >= 11 is 12.1. The Morgan fingerprint density at radius 1 is 1.26 bits per heavy atom. The molecule has 1 aromatic carbocycles. The van der Waals surface area contributed by atoms with E-state index in [-0.39, 0.29) is 0 Å². The monoisotopic (exact) mass is 298 g/mol. The number of piperidine rings is 2. The van der Waals surface area contributed by atoms with Crippen LogP contribution < -0.4 is 5.32 Å². The minimum absolute atomic E-state index is 0.471. The minimum Gasteiger partial charge on any atom is -0.399 e. The largest absolute Gasteiger partial charge is 0.399 e. The van der Waals surface area contributed by atoms with Crippen LogP contribution in [0.3, 0.4) is 0 Å². The Balaban J connectivity index is 1.93. The van der Waals surface area contributed by atoms with Crippen LogP contribution in [0.1, 0.15) is 12.0 Å². The first kappa shape index (κ1) is 13.2. The van der Waals surface area contributed by atoms with Crippen molar-refractivity contribution < 1.29 is 4.84 Å². The summed E-state index contributed by atoms with van der Waals surface area (Å²) in [7, 11) is 1.59. The fourth-order valence-electron chi connectivity index (χ4n) is 3.25. The van der Waals surface area contributed by atoms with Crippen molar-refractivity contribution in [1.29, 1.82) is 0 Å². The summed E-state index contributed by atoms with van der Waals surface area (Å²) in [6.07, 6.45) is 1.28. The standard InChI is InChI=1S/C14H16Cl2N2O/c1-19-18-14(8-2-3-11(15)12(16)5-8)13-9-4-10(13)7-17-6-9/h2-3,5,9-10,13,17H,4,6-7H2,1H3. The molecule has 5 heteroatoms. The molecule has 1 heterocycles. The zero-order valence-electron chi connectivity index (χ0n) is 10.7. The Morgan fingerprint density at radius 3 is 2.58 bits per heavy atom. The van der Waals surface area contributed by atoms with Gasteiger partial charge in [-0.3, -0.25) is 0 Å². The van der Waals surface area contributed by atoms with Crippen LogP contribution in [-0.2, 0) is 4.84 Å². The van der Waals surface area contributed by atoms with Gasteiger partial charge in [-0.15, -0.1) is 0 Å². The van der Waals surface area contributed by atoms with Gasteiger partial charge in [0.05, 0.1) is 15.8 Å². The molecule has 2 unspecified atom stereocenters. The third kappa shape index (κ3) is 2.35. The number of rotatable bonds is 3. The van der Waals surface area contributed by atoms with E-state index in [1.807, 2.05) is 18.2 Å². The van der Waals surface area contributed by atoms with E-state index in [2.05, 4.69) is 10.5 Å². The average molecular weight is 299 g/mol. The molecule has 0 radical (unpaired) electrons. The number of halogens is 2.